The van der Waals surface area contributed by atoms with Gasteiger partial charge in [-0.15, -0.1) is 0 Å². The summed E-state index contributed by atoms with van der Waals surface area (Å²) in [7, 11) is 0. The fourth-order valence-corrected chi connectivity index (χ4v) is 5.17. The monoisotopic (exact) mass is 411 g/mol. The Balaban J connectivity index is 1.25. The SMILES string of the molecule is O=C(C[NH+]1CCC[C@@H]1c1ccc2c(c1)OCCCO2)Nc1ccnn1C1CCCC1. The third-order valence-electron chi connectivity index (χ3n) is 6.65. The van der Waals surface area contributed by atoms with E-state index < -0.39 is 0 Å². The molecule has 5 rings (SSSR count). The predicted molar refractivity (Wildman–Crippen MR) is 113 cm³/mol. The van der Waals surface area contributed by atoms with Gasteiger partial charge in [0.2, 0.25) is 0 Å². The lowest BCUT2D eigenvalue weighted by Crippen LogP contribution is -3.11. The molecular formula is C23H31N4O3+. The highest BCUT2D eigenvalue weighted by molar-refractivity contribution is 5.90. The minimum absolute atomic E-state index is 0.0611. The summed E-state index contributed by atoms with van der Waals surface area (Å²) >= 11 is 0. The largest absolute Gasteiger partial charge is 0.490 e. The summed E-state index contributed by atoms with van der Waals surface area (Å²) in [6.07, 6.45) is 9.69. The molecule has 3 aliphatic rings. The second-order valence-corrected chi connectivity index (χ2v) is 8.68. The summed E-state index contributed by atoms with van der Waals surface area (Å²) in [6.45, 7) is 2.86. The van der Waals surface area contributed by atoms with Gasteiger partial charge in [-0.2, -0.15) is 5.10 Å². The number of quaternary nitrogens is 1. The zero-order valence-corrected chi connectivity index (χ0v) is 17.4. The van der Waals surface area contributed by atoms with Crippen molar-refractivity contribution in [2.24, 2.45) is 0 Å². The number of nitrogens with one attached hydrogen (secondary N) is 2. The van der Waals surface area contributed by atoms with Crippen molar-refractivity contribution in [2.45, 2.75) is 57.0 Å². The van der Waals surface area contributed by atoms with E-state index in [1.165, 1.54) is 23.3 Å². The van der Waals surface area contributed by atoms with Crippen molar-refractivity contribution in [3.05, 3.63) is 36.0 Å². The molecule has 1 unspecified atom stereocenters. The first-order chi connectivity index (χ1) is 14.8. The standard InChI is InChI=1S/C23H30N4O3/c28-23(25-22-10-11-24-27(22)18-5-1-2-6-18)16-26-12-3-7-19(26)17-8-9-20-21(15-17)30-14-4-13-29-20/h8-11,15,18-19H,1-7,12-14,16H2,(H,25,28)/p+1/t19-/m1/s1. The van der Waals surface area contributed by atoms with Gasteiger partial charge in [-0.1, -0.05) is 12.8 Å². The molecular weight excluding hydrogens is 380 g/mol. The molecule has 2 aromatic rings. The molecule has 2 aliphatic heterocycles. The molecule has 7 nitrogen and oxygen atoms in total. The second kappa shape index (κ2) is 8.68. The van der Waals surface area contributed by atoms with Crippen molar-refractivity contribution in [1.29, 1.82) is 0 Å². The van der Waals surface area contributed by atoms with Gasteiger partial charge >= 0.3 is 0 Å². The van der Waals surface area contributed by atoms with Gasteiger partial charge in [0, 0.05) is 30.9 Å². The molecule has 2 atom stereocenters. The maximum absolute atomic E-state index is 12.9. The second-order valence-electron chi connectivity index (χ2n) is 8.68. The van der Waals surface area contributed by atoms with Crippen LogP contribution in [0.15, 0.2) is 30.5 Å². The Bertz CT molecular complexity index is 890. The highest BCUT2D eigenvalue weighted by atomic mass is 16.5. The van der Waals surface area contributed by atoms with Crippen LogP contribution < -0.4 is 19.7 Å². The zero-order chi connectivity index (χ0) is 20.3. The fraction of sp³-hybridized carbons (Fsp3) is 0.565. The first-order valence-corrected chi connectivity index (χ1v) is 11.4. The van der Waals surface area contributed by atoms with Gasteiger partial charge in [0.05, 0.1) is 32.0 Å². The van der Waals surface area contributed by atoms with Crippen LogP contribution in [0.25, 0.3) is 0 Å². The van der Waals surface area contributed by atoms with Crippen LogP contribution in [-0.4, -0.2) is 42.0 Å². The Morgan fingerprint density at radius 3 is 2.77 bits per heavy atom. The number of ether oxygens (including phenoxy) is 2. The number of hydrogen-bond donors (Lipinski definition) is 2. The molecule has 1 amide bonds. The lowest BCUT2D eigenvalue weighted by atomic mass is 10.0. The number of amides is 1. The Labute approximate surface area is 177 Å². The lowest BCUT2D eigenvalue weighted by molar-refractivity contribution is -0.910. The number of carbonyl (C=O) groups is 1. The molecule has 160 valence electrons. The van der Waals surface area contributed by atoms with Crippen LogP contribution in [0.3, 0.4) is 0 Å². The van der Waals surface area contributed by atoms with Crippen molar-refractivity contribution in [3.8, 4) is 11.5 Å². The molecule has 2 fully saturated rings. The third kappa shape index (κ3) is 4.03. The van der Waals surface area contributed by atoms with Crippen LogP contribution >= 0.6 is 0 Å². The van der Waals surface area contributed by atoms with Gasteiger partial charge in [0.1, 0.15) is 11.9 Å². The molecule has 0 spiro atoms. The number of benzene rings is 1. The smallest absolute Gasteiger partial charge is 0.280 e. The lowest BCUT2D eigenvalue weighted by Gasteiger charge is -2.22. The van der Waals surface area contributed by atoms with Crippen LogP contribution in [0.4, 0.5) is 5.82 Å². The summed E-state index contributed by atoms with van der Waals surface area (Å²) in [5.74, 6) is 2.55. The maximum Gasteiger partial charge on any atom is 0.280 e. The summed E-state index contributed by atoms with van der Waals surface area (Å²) in [6, 6.07) is 8.92. The number of rotatable bonds is 5. The molecule has 7 heteroatoms. The molecule has 1 saturated heterocycles. The third-order valence-corrected chi connectivity index (χ3v) is 6.65. The summed E-state index contributed by atoms with van der Waals surface area (Å²) < 4.78 is 13.6. The quantitative estimate of drug-likeness (QED) is 0.793. The maximum atomic E-state index is 12.9. The van der Waals surface area contributed by atoms with E-state index in [1.807, 2.05) is 16.8 Å². The molecule has 3 heterocycles. The predicted octanol–water partition coefficient (Wildman–Crippen LogP) is 2.52. The van der Waals surface area contributed by atoms with Gasteiger partial charge in [-0.05, 0) is 31.0 Å². The Kier molecular flexibility index (Phi) is 5.62. The van der Waals surface area contributed by atoms with Crippen molar-refractivity contribution < 1.29 is 19.2 Å². The first kappa shape index (κ1) is 19.4. The number of likely N-dealkylation sites (tertiary alicyclic amines) is 1. The van der Waals surface area contributed by atoms with Crippen LogP contribution in [0.1, 0.15) is 62.6 Å². The normalized spacial score (nSPS) is 24.0. The number of hydrogen-bond acceptors (Lipinski definition) is 4. The molecule has 2 N–H and O–H groups in total. The molecule has 0 bridgehead atoms. The average Bonchev–Trinajstić information content (AvgIpc) is 3.48. The molecule has 1 aliphatic carbocycles. The number of nitrogens with zero attached hydrogens (tertiary/aromatic N) is 2. The zero-order valence-electron chi connectivity index (χ0n) is 17.4. The molecule has 1 aromatic carbocycles. The number of carbonyl (C=O) groups excluding carboxylic acids is 1. The Morgan fingerprint density at radius 2 is 1.90 bits per heavy atom. The minimum atomic E-state index is 0.0611. The van der Waals surface area contributed by atoms with E-state index in [0.717, 1.165) is 56.0 Å². The number of aromatic nitrogens is 2. The molecule has 1 saturated carbocycles. The Hall–Kier alpha value is -2.54. The van der Waals surface area contributed by atoms with E-state index in [4.69, 9.17) is 9.47 Å². The fourth-order valence-electron chi connectivity index (χ4n) is 5.17. The van der Waals surface area contributed by atoms with Crippen LogP contribution in [0.2, 0.25) is 0 Å². The van der Waals surface area contributed by atoms with E-state index in [1.54, 1.807) is 6.20 Å². The van der Waals surface area contributed by atoms with Gasteiger partial charge in [-0.25, -0.2) is 4.68 Å². The summed E-state index contributed by atoms with van der Waals surface area (Å²) in [4.78, 5) is 14.2. The topological polar surface area (TPSA) is 69.8 Å². The number of anilines is 1. The molecule has 0 radical (unpaired) electrons. The van der Waals surface area contributed by atoms with Gasteiger partial charge < -0.3 is 19.7 Å². The van der Waals surface area contributed by atoms with E-state index in [-0.39, 0.29) is 5.91 Å². The highest BCUT2D eigenvalue weighted by Gasteiger charge is 2.33. The number of fused-ring (bicyclic) bond motifs is 1. The highest BCUT2D eigenvalue weighted by Crippen LogP contribution is 2.33. The molecule has 1 aromatic heterocycles. The van der Waals surface area contributed by atoms with E-state index in [0.29, 0.717) is 31.8 Å². The van der Waals surface area contributed by atoms with Crippen molar-refractivity contribution in [2.75, 3.05) is 31.6 Å². The van der Waals surface area contributed by atoms with Crippen LogP contribution in [0, 0.1) is 0 Å². The summed E-state index contributed by atoms with van der Waals surface area (Å²) in [5.41, 5.74) is 1.23. The average molecular weight is 412 g/mol. The Morgan fingerprint density at radius 1 is 1.07 bits per heavy atom. The van der Waals surface area contributed by atoms with Gasteiger partial charge in [-0.3, -0.25) is 4.79 Å². The van der Waals surface area contributed by atoms with E-state index in [2.05, 4.69) is 22.5 Å². The summed E-state index contributed by atoms with van der Waals surface area (Å²) in [5, 5.41) is 7.58. The van der Waals surface area contributed by atoms with Crippen LogP contribution in [0.5, 0.6) is 11.5 Å². The van der Waals surface area contributed by atoms with Crippen molar-refractivity contribution >= 4 is 11.7 Å². The van der Waals surface area contributed by atoms with E-state index >= 15 is 0 Å². The van der Waals surface area contributed by atoms with Crippen LogP contribution in [-0.2, 0) is 4.79 Å². The van der Waals surface area contributed by atoms with E-state index in [9.17, 15) is 4.79 Å². The van der Waals surface area contributed by atoms with Crippen molar-refractivity contribution in [3.63, 3.8) is 0 Å². The van der Waals surface area contributed by atoms with Gasteiger partial charge in [0.15, 0.2) is 18.0 Å². The first-order valence-electron chi connectivity index (χ1n) is 11.4. The minimum Gasteiger partial charge on any atom is -0.490 e. The molecule has 30 heavy (non-hydrogen) atoms. The van der Waals surface area contributed by atoms with Gasteiger partial charge in [0.25, 0.3) is 5.91 Å². The van der Waals surface area contributed by atoms with Crippen molar-refractivity contribution in [1.82, 2.24) is 9.78 Å².